The van der Waals surface area contributed by atoms with Gasteiger partial charge in [0, 0.05) is 62.6 Å². The Morgan fingerprint density at radius 2 is 0.804 bits per heavy atom. The molecule has 0 aliphatic carbocycles. The van der Waals surface area contributed by atoms with Crippen molar-refractivity contribution in [3.8, 4) is 67.5 Å². The van der Waals surface area contributed by atoms with Crippen LogP contribution in [0.4, 0.5) is 0 Å². The third-order valence-electron chi connectivity index (χ3n) is 10.3. The molecule has 11 aromatic rings. The maximum absolute atomic E-state index is 5.31. The molecule has 4 heterocycles. The lowest BCUT2D eigenvalue weighted by Crippen LogP contribution is -1.97. The lowest BCUT2D eigenvalue weighted by atomic mass is 9.94. The number of hydrogen-bond donors (Lipinski definition) is 0. The van der Waals surface area contributed by atoms with Crippen LogP contribution in [0.3, 0.4) is 0 Å². The monoisotopic (exact) mass is 751 g/mol. The molecule has 7 aromatic carbocycles. The van der Waals surface area contributed by atoms with Gasteiger partial charge in [-0.15, -0.1) is 22.7 Å². The van der Waals surface area contributed by atoms with Gasteiger partial charge >= 0.3 is 0 Å². The Hall–Kier alpha value is -6.93. The minimum Gasteiger partial charge on any atom is -0.228 e. The van der Waals surface area contributed by atoms with Crippen LogP contribution >= 0.6 is 22.7 Å². The van der Waals surface area contributed by atoms with Crippen molar-refractivity contribution in [1.29, 1.82) is 0 Å². The summed E-state index contributed by atoms with van der Waals surface area (Å²) in [5.74, 6) is 1.27. The molecule has 56 heavy (non-hydrogen) atoms. The van der Waals surface area contributed by atoms with Crippen molar-refractivity contribution < 1.29 is 0 Å². The summed E-state index contributed by atoms with van der Waals surface area (Å²) in [7, 11) is 0. The van der Waals surface area contributed by atoms with E-state index in [1.165, 1.54) is 53.0 Å². The SMILES string of the molecule is c1ccc(-c2cc(-c3cccc(-c4ncncn4)c3)nc(-c3cc(-c4ccc5sc6ccccc6c5c4)cc(-c4ccc5sc6ccccc6c5c4)c3)n2)cc1. The van der Waals surface area contributed by atoms with Gasteiger partial charge in [-0.05, 0) is 89.0 Å². The molecule has 0 spiro atoms. The van der Waals surface area contributed by atoms with Gasteiger partial charge in [0.25, 0.3) is 0 Å². The topological polar surface area (TPSA) is 64.5 Å². The first kappa shape index (κ1) is 32.5. The second-order valence-corrected chi connectivity index (χ2v) is 16.0. The first-order valence-electron chi connectivity index (χ1n) is 18.4. The zero-order chi connectivity index (χ0) is 37.0. The van der Waals surface area contributed by atoms with Gasteiger partial charge in [-0.25, -0.2) is 24.9 Å². The van der Waals surface area contributed by atoms with Gasteiger partial charge in [0.15, 0.2) is 11.6 Å². The fourth-order valence-electron chi connectivity index (χ4n) is 7.59. The summed E-state index contributed by atoms with van der Waals surface area (Å²) in [6.07, 6.45) is 3.04. The van der Waals surface area contributed by atoms with E-state index in [1.807, 2.05) is 53.0 Å². The summed E-state index contributed by atoms with van der Waals surface area (Å²) in [6.45, 7) is 0. The molecule has 11 rings (SSSR count). The first-order chi connectivity index (χ1) is 27.7. The molecule has 0 aliphatic heterocycles. The number of aromatic nitrogens is 5. The lowest BCUT2D eigenvalue weighted by molar-refractivity contribution is 1.06. The van der Waals surface area contributed by atoms with Crippen molar-refractivity contribution in [2.45, 2.75) is 0 Å². The third-order valence-corrected chi connectivity index (χ3v) is 12.6. The van der Waals surface area contributed by atoms with E-state index in [2.05, 4.69) is 148 Å². The summed E-state index contributed by atoms with van der Waals surface area (Å²) < 4.78 is 5.15. The van der Waals surface area contributed by atoms with E-state index in [1.54, 1.807) is 0 Å². The summed E-state index contributed by atoms with van der Waals surface area (Å²) >= 11 is 3.67. The average Bonchev–Trinajstić information content (AvgIpc) is 3.84. The van der Waals surface area contributed by atoms with E-state index in [4.69, 9.17) is 9.97 Å². The van der Waals surface area contributed by atoms with Crippen LogP contribution < -0.4 is 0 Å². The van der Waals surface area contributed by atoms with E-state index in [0.29, 0.717) is 11.6 Å². The lowest BCUT2D eigenvalue weighted by Gasteiger charge is -2.14. The van der Waals surface area contributed by atoms with Crippen LogP contribution in [0, 0.1) is 0 Å². The van der Waals surface area contributed by atoms with Crippen molar-refractivity contribution in [1.82, 2.24) is 24.9 Å². The van der Waals surface area contributed by atoms with Gasteiger partial charge < -0.3 is 0 Å². The number of hydrogen-bond acceptors (Lipinski definition) is 7. The highest BCUT2D eigenvalue weighted by Crippen LogP contribution is 2.41. The van der Waals surface area contributed by atoms with Crippen LogP contribution in [0.15, 0.2) is 176 Å². The van der Waals surface area contributed by atoms with Crippen molar-refractivity contribution >= 4 is 63.0 Å². The molecule has 0 unspecified atom stereocenters. The molecular formula is C49H29N5S2. The predicted molar refractivity (Wildman–Crippen MR) is 234 cm³/mol. The molecule has 0 fully saturated rings. The Kier molecular flexibility index (Phi) is 7.79. The molecule has 0 atom stereocenters. The number of fused-ring (bicyclic) bond motifs is 6. The van der Waals surface area contributed by atoms with E-state index in [0.717, 1.165) is 55.9 Å². The second kappa shape index (κ2) is 13.4. The number of nitrogens with zero attached hydrogens (tertiary/aromatic N) is 5. The van der Waals surface area contributed by atoms with Crippen LogP contribution in [-0.4, -0.2) is 24.9 Å². The Labute approximate surface area is 330 Å². The van der Waals surface area contributed by atoms with Crippen LogP contribution in [0.5, 0.6) is 0 Å². The standard InChI is InChI=1S/C49H29N5S2/c1-2-9-30(10-3-1)42-27-43(33-11-8-12-34(21-33)48-51-28-50-29-52-48)54-49(53-42)37-23-35(31-17-19-46-40(25-31)38-13-4-6-15-44(38)55-46)22-36(24-37)32-18-20-47-41(26-32)39-14-5-7-16-45(39)56-47/h1-29H. The summed E-state index contributed by atoms with van der Waals surface area (Å²) in [4.78, 5) is 23.4. The summed E-state index contributed by atoms with van der Waals surface area (Å²) in [5.41, 5.74) is 9.98. The molecule has 5 nitrogen and oxygen atoms in total. The maximum atomic E-state index is 5.31. The van der Waals surface area contributed by atoms with Crippen molar-refractivity contribution in [2.24, 2.45) is 0 Å². The molecule has 7 heteroatoms. The average molecular weight is 752 g/mol. The zero-order valence-electron chi connectivity index (χ0n) is 29.8. The highest BCUT2D eigenvalue weighted by atomic mass is 32.1. The highest BCUT2D eigenvalue weighted by molar-refractivity contribution is 7.26. The van der Waals surface area contributed by atoms with Gasteiger partial charge in [-0.3, -0.25) is 0 Å². The molecule has 262 valence electrons. The maximum Gasteiger partial charge on any atom is 0.162 e. The van der Waals surface area contributed by atoms with Crippen molar-refractivity contribution in [3.05, 3.63) is 176 Å². The van der Waals surface area contributed by atoms with E-state index in [9.17, 15) is 0 Å². The smallest absolute Gasteiger partial charge is 0.162 e. The molecule has 4 aromatic heterocycles. The Morgan fingerprint density at radius 3 is 1.45 bits per heavy atom. The Balaban J connectivity index is 1.13. The summed E-state index contributed by atoms with van der Waals surface area (Å²) in [5, 5.41) is 5.10. The van der Waals surface area contributed by atoms with Gasteiger partial charge in [0.2, 0.25) is 0 Å². The largest absolute Gasteiger partial charge is 0.228 e. The molecule has 0 aliphatic rings. The predicted octanol–water partition coefficient (Wildman–Crippen LogP) is 13.4. The Bertz CT molecular complexity index is 3130. The molecule has 0 bridgehead atoms. The third kappa shape index (κ3) is 5.82. The van der Waals surface area contributed by atoms with E-state index >= 15 is 0 Å². The minimum atomic E-state index is 0.613. The summed E-state index contributed by atoms with van der Waals surface area (Å²) in [6, 6.07) is 58.4. The quantitative estimate of drug-likeness (QED) is 0.169. The van der Waals surface area contributed by atoms with Crippen LogP contribution in [0.25, 0.3) is 108 Å². The fraction of sp³-hybridized carbons (Fsp3) is 0. The van der Waals surface area contributed by atoms with Crippen LogP contribution in [0.2, 0.25) is 0 Å². The van der Waals surface area contributed by atoms with Crippen LogP contribution in [-0.2, 0) is 0 Å². The van der Waals surface area contributed by atoms with E-state index in [-0.39, 0.29) is 0 Å². The normalized spacial score (nSPS) is 11.6. The van der Waals surface area contributed by atoms with Crippen LogP contribution in [0.1, 0.15) is 0 Å². The number of thiophene rings is 2. The van der Waals surface area contributed by atoms with Gasteiger partial charge in [0.05, 0.1) is 11.4 Å². The van der Waals surface area contributed by atoms with Gasteiger partial charge in [-0.1, -0.05) is 97.1 Å². The fourth-order valence-corrected chi connectivity index (χ4v) is 9.76. The highest BCUT2D eigenvalue weighted by Gasteiger charge is 2.16. The molecule has 0 N–H and O–H groups in total. The first-order valence-corrected chi connectivity index (χ1v) is 20.0. The number of benzene rings is 7. The number of rotatable bonds is 6. The molecule has 0 saturated carbocycles. The van der Waals surface area contributed by atoms with Crippen molar-refractivity contribution in [3.63, 3.8) is 0 Å². The Morgan fingerprint density at radius 1 is 0.304 bits per heavy atom. The molecule has 0 amide bonds. The molecule has 0 radical (unpaired) electrons. The minimum absolute atomic E-state index is 0.613. The molecule has 0 saturated heterocycles. The van der Waals surface area contributed by atoms with Gasteiger partial charge in [0.1, 0.15) is 12.7 Å². The van der Waals surface area contributed by atoms with E-state index < -0.39 is 0 Å². The van der Waals surface area contributed by atoms with Crippen molar-refractivity contribution in [2.75, 3.05) is 0 Å². The zero-order valence-corrected chi connectivity index (χ0v) is 31.4. The van der Waals surface area contributed by atoms with Gasteiger partial charge in [-0.2, -0.15) is 0 Å². The second-order valence-electron chi connectivity index (χ2n) is 13.8. The molecular weight excluding hydrogens is 723 g/mol.